The summed E-state index contributed by atoms with van der Waals surface area (Å²) in [5.41, 5.74) is 5.40. The van der Waals surface area contributed by atoms with Gasteiger partial charge >= 0.3 is 236 Å². The first-order valence-corrected chi connectivity index (χ1v) is 22.3. The van der Waals surface area contributed by atoms with Gasteiger partial charge in [0.15, 0.2) is 0 Å². The van der Waals surface area contributed by atoms with Crippen molar-refractivity contribution in [1.29, 1.82) is 0 Å². The second kappa shape index (κ2) is 13.6. The summed E-state index contributed by atoms with van der Waals surface area (Å²) in [5.74, 6) is 0.154. The number of hydrogen-bond acceptors (Lipinski definition) is 1. The molecule has 2 heteroatoms. The van der Waals surface area contributed by atoms with E-state index in [1.165, 1.54) is 73.9 Å². The van der Waals surface area contributed by atoms with Crippen molar-refractivity contribution in [2.75, 3.05) is 0 Å². The Morgan fingerprint density at radius 2 is 1.24 bits per heavy atom. The van der Waals surface area contributed by atoms with Crippen LogP contribution in [0, 0.1) is 6.92 Å². The van der Waals surface area contributed by atoms with E-state index in [2.05, 4.69) is 82.3 Å². The number of ketones is 1. The van der Waals surface area contributed by atoms with E-state index in [9.17, 15) is 4.79 Å². The van der Waals surface area contributed by atoms with Crippen LogP contribution in [-0.2, 0) is 0 Å². The molecule has 0 aliphatic heterocycles. The zero-order valence-corrected chi connectivity index (χ0v) is 26.7. The molecular weight excluding hydrogens is 567 g/mol. The number of unbranched alkanes of at least 4 members (excludes halogenated alkanes) is 3. The van der Waals surface area contributed by atoms with Crippen LogP contribution in [0.3, 0.4) is 0 Å². The standard InChI is InChI=1S/C24H17O.3C4H9.Sn/c1-17-11-13-19(14-12-17)22-16-15-18-7-5-6-10-21(18)23(22)24(25)20-8-3-2-4-9-20;3*1-3-4-2;/h2-15H,1H3;3*1,3-4H2,2H3;. The van der Waals surface area contributed by atoms with Crippen molar-refractivity contribution in [2.24, 2.45) is 0 Å². The molecule has 0 saturated carbocycles. The van der Waals surface area contributed by atoms with Gasteiger partial charge in [0.05, 0.1) is 0 Å². The van der Waals surface area contributed by atoms with E-state index in [0.29, 0.717) is 0 Å². The molecule has 0 heterocycles. The van der Waals surface area contributed by atoms with Gasteiger partial charge in [0.25, 0.3) is 0 Å². The van der Waals surface area contributed by atoms with Gasteiger partial charge in [0, 0.05) is 0 Å². The van der Waals surface area contributed by atoms with Gasteiger partial charge in [-0.2, -0.15) is 0 Å². The Bertz CT molecular complexity index is 1320. The zero-order valence-electron chi connectivity index (χ0n) is 23.9. The second-order valence-corrected chi connectivity index (χ2v) is 24.2. The summed E-state index contributed by atoms with van der Waals surface area (Å²) in [4.78, 5) is 14.5. The molecule has 0 spiro atoms. The molecule has 0 aromatic heterocycles. The second-order valence-electron chi connectivity index (χ2n) is 11.0. The monoisotopic (exact) mass is 612 g/mol. The maximum absolute atomic E-state index is 14.5. The van der Waals surface area contributed by atoms with Crippen molar-refractivity contribution in [3.8, 4) is 11.1 Å². The molecule has 0 radical (unpaired) electrons. The quantitative estimate of drug-likeness (QED) is 0.109. The molecule has 0 saturated heterocycles. The van der Waals surface area contributed by atoms with Crippen LogP contribution in [0.25, 0.3) is 21.9 Å². The fourth-order valence-corrected chi connectivity index (χ4v) is 22.9. The third kappa shape index (κ3) is 6.25. The van der Waals surface area contributed by atoms with Gasteiger partial charge in [0.2, 0.25) is 0 Å². The summed E-state index contributed by atoms with van der Waals surface area (Å²) < 4.78 is 5.72. The average Bonchev–Trinajstić information content (AvgIpc) is 2.96. The van der Waals surface area contributed by atoms with Gasteiger partial charge in [-0.15, -0.1) is 0 Å². The van der Waals surface area contributed by atoms with E-state index in [1.807, 2.05) is 30.3 Å². The third-order valence-corrected chi connectivity index (χ3v) is 23.9. The predicted octanol–water partition coefficient (Wildman–Crippen LogP) is 10.1. The fraction of sp³-hybridized carbons (Fsp3) is 0.361. The molecule has 4 aromatic carbocycles. The van der Waals surface area contributed by atoms with Crippen LogP contribution in [0.5, 0.6) is 0 Å². The summed E-state index contributed by atoms with van der Waals surface area (Å²) >= 11 is -2.94. The van der Waals surface area contributed by atoms with E-state index < -0.39 is 18.4 Å². The van der Waals surface area contributed by atoms with Crippen LogP contribution in [0.4, 0.5) is 0 Å². The number of aryl methyl sites for hydroxylation is 1. The van der Waals surface area contributed by atoms with Crippen molar-refractivity contribution in [3.63, 3.8) is 0 Å². The van der Waals surface area contributed by atoms with Crippen LogP contribution in [0.1, 0.15) is 80.8 Å². The summed E-state index contributed by atoms with van der Waals surface area (Å²) in [6, 6.07) is 30.0. The van der Waals surface area contributed by atoms with Crippen LogP contribution in [0.2, 0.25) is 13.3 Å². The first-order valence-electron chi connectivity index (χ1n) is 14.8. The SMILES string of the molecule is CCC[CH2][Sn]([CH2]CCC)([CH2]CCC)[c]1cc2ccccc2c(C(=O)c2ccccc2)c1-c1ccc(C)cc1. The number of hydrogen-bond donors (Lipinski definition) is 0. The van der Waals surface area contributed by atoms with Crippen LogP contribution < -0.4 is 3.58 Å². The predicted molar refractivity (Wildman–Crippen MR) is 169 cm³/mol. The van der Waals surface area contributed by atoms with Gasteiger partial charge in [-0.05, 0) is 0 Å². The van der Waals surface area contributed by atoms with E-state index in [0.717, 1.165) is 16.5 Å². The Kier molecular flexibility index (Phi) is 10.2. The third-order valence-electron chi connectivity index (χ3n) is 8.25. The Morgan fingerprint density at radius 1 is 0.684 bits per heavy atom. The average molecular weight is 611 g/mol. The Labute approximate surface area is 234 Å². The topological polar surface area (TPSA) is 17.1 Å². The van der Waals surface area contributed by atoms with Crippen molar-refractivity contribution in [2.45, 2.75) is 79.5 Å². The molecule has 38 heavy (non-hydrogen) atoms. The van der Waals surface area contributed by atoms with Gasteiger partial charge in [-0.3, -0.25) is 0 Å². The minimum atomic E-state index is -2.94. The van der Waals surface area contributed by atoms with Gasteiger partial charge < -0.3 is 0 Å². The number of carbonyl (C=O) groups excluding carboxylic acids is 1. The number of fused-ring (bicyclic) bond motifs is 1. The zero-order chi connectivity index (χ0) is 27.0. The molecule has 0 atom stereocenters. The number of benzene rings is 4. The molecule has 0 aliphatic carbocycles. The summed E-state index contributed by atoms with van der Waals surface area (Å²) in [6.45, 7) is 9.15. The van der Waals surface area contributed by atoms with Crippen LogP contribution in [-0.4, -0.2) is 24.2 Å². The molecule has 1 nitrogen and oxygen atoms in total. The van der Waals surface area contributed by atoms with Gasteiger partial charge in [-0.25, -0.2) is 0 Å². The summed E-state index contributed by atoms with van der Waals surface area (Å²) in [7, 11) is 0. The maximum atomic E-state index is 14.5. The van der Waals surface area contributed by atoms with E-state index in [4.69, 9.17) is 0 Å². The first-order chi connectivity index (χ1) is 18.5. The van der Waals surface area contributed by atoms with Crippen LogP contribution >= 0.6 is 0 Å². The fourth-order valence-electron chi connectivity index (χ4n) is 6.08. The van der Waals surface area contributed by atoms with Crippen LogP contribution in [0.15, 0.2) is 84.9 Å². The van der Waals surface area contributed by atoms with E-state index >= 15 is 0 Å². The van der Waals surface area contributed by atoms with Crippen molar-refractivity contribution in [3.05, 3.63) is 102 Å². The molecule has 4 aromatic rings. The van der Waals surface area contributed by atoms with Gasteiger partial charge in [-0.1, -0.05) is 0 Å². The Hall–Kier alpha value is -2.39. The molecule has 0 fully saturated rings. The molecular formula is C36H44OSn. The minimum absolute atomic E-state index is 0.154. The van der Waals surface area contributed by atoms with Crippen molar-refractivity contribution in [1.82, 2.24) is 0 Å². The molecule has 198 valence electrons. The molecule has 0 unspecified atom stereocenters. The normalized spacial score (nSPS) is 11.7. The molecule has 0 amide bonds. The summed E-state index contributed by atoms with van der Waals surface area (Å²) in [6.07, 6.45) is 7.60. The van der Waals surface area contributed by atoms with E-state index in [-0.39, 0.29) is 5.78 Å². The van der Waals surface area contributed by atoms with Crippen molar-refractivity contribution < 1.29 is 4.79 Å². The van der Waals surface area contributed by atoms with Gasteiger partial charge in [0.1, 0.15) is 0 Å². The van der Waals surface area contributed by atoms with E-state index in [1.54, 1.807) is 3.58 Å². The first kappa shape index (κ1) is 28.6. The molecule has 4 rings (SSSR count). The molecule has 0 bridgehead atoms. The van der Waals surface area contributed by atoms with Crippen molar-refractivity contribution >= 4 is 38.5 Å². The number of rotatable bonds is 13. The molecule has 0 aliphatic rings. The Morgan fingerprint density at radius 3 is 1.82 bits per heavy atom. The summed E-state index contributed by atoms with van der Waals surface area (Å²) in [5, 5.41) is 2.31. The molecule has 0 N–H and O–H groups in total. The number of carbonyl (C=O) groups is 1. The Balaban J connectivity index is 2.13.